The molecule has 1 atom stereocenters. The van der Waals surface area contributed by atoms with E-state index in [1.165, 1.54) is 12.1 Å². The number of hydrogen-bond donors (Lipinski definition) is 3. The van der Waals surface area contributed by atoms with Crippen molar-refractivity contribution >= 4 is 5.91 Å². The Bertz CT molecular complexity index is 687. The number of hydrogen-bond acceptors (Lipinski definition) is 3. The molecule has 1 unspecified atom stereocenters. The molecule has 108 valence electrons. The highest BCUT2D eigenvalue weighted by molar-refractivity contribution is 5.94. The van der Waals surface area contributed by atoms with Crippen molar-refractivity contribution < 1.29 is 14.3 Å². The van der Waals surface area contributed by atoms with Crippen molar-refractivity contribution in [1.29, 1.82) is 0 Å². The lowest BCUT2D eigenvalue weighted by atomic mass is 10.1. The van der Waals surface area contributed by atoms with Crippen LogP contribution in [0.5, 0.6) is 0 Å². The van der Waals surface area contributed by atoms with Gasteiger partial charge in [-0.25, -0.2) is 4.39 Å². The molecule has 1 aromatic carbocycles. The number of aliphatic hydroxyl groups excluding tert-OH is 1. The minimum atomic E-state index is -0.598. The lowest BCUT2D eigenvalue weighted by Crippen LogP contribution is -2.26. The van der Waals surface area contributed by atoms with E-state index in [1.54, 1.807) is 19.3 Å². The molecule has 6 heteroatoms. The molecule has 0 fully saturated rings. The number of carbonyl (C=O) groups is 1. The molecule has 0 radical (unpaired) electrons. The van der Waals surface area contributed by atoms with Gasteiger partial charge in [-0.2, -0.15) is 5.10 Å². The van der Waals surface area contributed by atoms with Crippen LogP contribution in [-0.4, -0.2) is 27.8 Å². The number of halogens is 1. The molecule has 3 N–H and O–H groups in total. The van der Waals surface area contributed by atoms with E-state index in [4.69, 9.17) is 5.11 Å². The van der Waals surface area contributed by atoms with Gasteiger partial charge in [-0.3, -0.25) is 9.89 Å². The summed E-state index contributed by atoms with van der Waals surface area (Å²) in [6.07, 6.45) is 3.29. The lowest BCUT2D eigenvalue weighted by molar-refractivity contribution is 0.0939. The summed E-state index contributed by atoms with van der Waals surface area (Å²) in [6.45, 7) is 1.46. The predicted octanol–water partition coefficient (Wildman–Crippen LogP) is 1.38. The zero-order chi connectivity index (χ0) is 15.2. The molecule has 0 aliphatic rings. The highest BCUT2D eigenvalue weighted by atomic mass is 19.1. The van der Waals surface area contributed by atoms with Crippen LogP contribution in [0, 0.1) is 17.7 Å². The molecule has 1 heterocycles. The van der Waals surface area contributed by atoms with Crippen molar-refractivity contribution in [3.63, 3.8) is 0 Å². The largest absolute Gasteiger partial charge is 0.384 e. The molecule has 1 aromatic heterocycles. The molecular weight excluding hydrogens is 273 g/mol. The summed E-state index contributed by atoms with van der Waals surface area (Å²) < 4.78 is 13.8. The monoisotopic (exact) mass is 287 g/mol. The molecule has 5 nitrogen and oxygen atoms in total. The Hall–Kier alpha value is -2.65. The Labute approximate surface area is 121 Å². The predicted molar refractivity (Wildman–Crippen MR) is 74.8 cm³/mol. The van der Waals surface area contributed by atoms with Crippen LogP contribution in [0.1, 0.15) is 34.5 Å². The van der Waals surface area contributed by atoms with Gasteiger partial charge >= 0.3 is 0 Å². The maximum absolute atomic E-state index is 13.8. The van der Waals surface area contributed by atoms with Gasteiger partial charge in [-0.15, -0.1) is 0 Å². The zero-order valence-corrected chi connectivity index (χ0v) is 11.4. The van der Waals surface area contributed by atoms with Crippen LogP contribution in [0.2, 0.25) is 0 Å². The van der Waals surface area contributed by atoms with Crippen LogP contribution in [0.25, 0.3) is 0 Å². The fourth-order valence-electron chi connectivity index (χ4n) is 1.75. The van der Waals surface area contributed by atoms with Crippen LogP contribution in [-0.2, 0) is 0 Å². The van der Waals surface area contributed by atoms with Crippen LogP contribution in [0.15, 0.2) is 30.6 Å². The van der Waals surface area contributed by atoms with Gasteiger partial charge < -0.3 is 10.4 Å². The van der Waals surface area contributed by atoms with Gasteiger partial charge in [-0.1, -0.05) is 11.8 Å². The summed E-state index contributed by atoms with van der Waals surface area (Å²) in [6, 6.07) is 3.78. The van der Waals surface area contributed by atoms with E-state index in [2.05, 4.69) is 27.4 Å². The number of aromatic nitrogens is 2. The number of nitrogens with zero attached hydrogens (tertiary/aromatic N) is 1. The summed E-state index contributed by atoms with van der Waals surface area (Å²) >= 11 is 0. The van der Waals surface area contributed by atoms with Gasteiger partial charge in [0, 0.05) is 17.3 Å². The Balaban J connectivity index is 2.11. The van der Waals surface area contributed by atoms with Crippen molar-refractivity contribution in [1.82, 2.24) is 15.5 Å². The van der Waals surface area contributed by atoms with Gasteiger partial charge in [-0.05, 0) is 25.1 Å². The summed E-state index contributed by atoms with van der Waals surface area (Å²) in [4.78, 5) is 12.0. The number of aliphatic hydroxyl groups is 1. The van der Waals surface area contributed by atoms with Crippen molar-refractivity contribution in [3.05, 3.63) is 53.1 Å². The third kappa shape index (κ3) is 3.68. The first-order valence-electron chi connectivity index (χ1n) is 6.30. The van der Waals surface area contributed by atoms with E-state index >= 15 is 0 Å². The van der Waals surface area contributed by atoms with E-state index in [9.17, 15) is 9.18 Å². The fraction of sp³-hybridized carbons (Fsp3) is 0.200. The van der Waals surface area contributed by atoms with Crippen molar-refractivity contribution in [3.8, 4) is 11.8 Å². The number of nitrogens with one attached hydrogen (secondary N) is 2. The number of benzene rings is 1. The van der Waals surface area contributed by atoms with E-state index < -0.39 is 5.82 Å². The number of carbonyl (C=O) groups excluding carboxylic acids is 1. The molecule has 1 amide bonds. The van der Waals surface area contributed by atoms with Crippen LogP contribution in [0.4, 0.5) is 4.39 Å². The molecule has 2 aromatic rings. The minimum absolute atomic E-state index is 0.142. The second kappa shape index (κ2) is 6.68. The number of rotatable bonds is 3. The Kier molecular flexibility index (Phi) is 4.69. The van der Waals surface area contributed by atoms with E-state index in [0.717, 1.165) is 11.6 Å². The van der Waals surface area contributed by atoms with Crippen molar-refractivity contribution in [2.75, 3.05) is 6.61 Å². The van der Waals surface area contributed by atoms with Crippen LogP contribution in [0.3, 0.4) is 0 Å². The molecule has 0 aliphatic heterocycles. The third-order valence-corrected chi connectivity index (χ3v) is 2.90. The minimum Gasteiger partial charge on any atom is -0.384 e. The quantitative estimate of drug-likeness (QED) is 0.746. The summed E-state index contributed by atoms with van der Waals surface area (Å²) in [7, 11) is 0. The van der Waals surface area contributed by atoms with Crippen molar-refractivity contribution in [2.24, 2.45) is 0 Å². The first-order chi connectivity index (χ1) is 10.1. The average molecular weight is 287 g/mol. The van der Waals surface area contributed by atoms with Crippen LogP contribution >= 0.6 is 0 Å². The standard InChI is InChI=1S/C15H14FN3O2/c1-10(13-8-17-18-9-13)19-15(21)12-5-4-11(3-2-6-20)14(16)7-12/h4-5,7-10,20H,6H2,1H3,(H,17,18)(H,19,21). The summed E-state index contributed by atoms with van der Waals surface area (Å²) in [5, 5.41) is 17.8. The Morgan fingerprint density at radius 2 is 2.38 bits per heavy atom. The van der Waals surface area contributed by atoms with Gasteiger partial charge in [0.25, 0.3) is 5.91 Å². The highest BCUT2D eigenvalue weighted by Crippen LogP contribution is 2.13. The first kappa shape index (κ1) is 14.8. The highest BCUT2D eigenvalue weighted by Gasteiger charge is 2.13. The van der Waals surface area contributed by atoms with Crippen molar-refractivity contribution in [2.45, 2.75) is 13.0 Å². The van der Waals surface area contributed by atoms with E-state index in [1.807, 2.05) is 0 Å². The zero-order valence-electron chi connectivity index (χ0n) is 11.4. The topological polar surface area (TPSA) is 78.0 Å². The first-order valence-corrected chi connectivity index (χ1v) is 6.30. The second-order valence-corrected chi connectivity index (χ2v) is 4.38. The van der Waals surface area contributed by atoms with Crippen LogP contribution < -0.4 is 5.32 Å². The molecule has 2 rings (SSSR count). The van der Waals surface area contributed by atoms with Gasteiger partial charge in [0.2, 0.25) is 0 Å². The Morgan fingerprint density at radius 3 is 3.00 bits per heavy atom. The summed E-state index contributed by atoms with van der Waals surface area (Å²) in [5.41, 5.74) is 1.18. The SMILES string of the molecule is CC(NC(=O)c1ccc(C#CCO)c(F)c1)c1cn[nH]c1. The molecular formula is C15H14FN3O2. The average Bonchev–Trinajstić information content (AvgIpc) is 3.00. The lowest BCUT2D eigenvalue weighted by Gasteiger charge is -2.12. The molecule has 0 aliphatic carbocycles. The molecule has 21 heavy (non-hydrogen) atoms. The number of amides is 1. The van der Waals surface area contributed by atoms with E-state index in [-0.39, 0.29) is 29.7 Å². The normalized spacial score (nSPS) is 11.4. The molecule has 0 bridgehead atoms. The smallest absolute Gasteiger partial charge is 0.251 e. The molecule has 0 saturated heterocycles. The Morgan fingerprint density at radius 1 is 1.57 bits per heavy atom. The number of H-pyrrole nitrogens is 1. The van der Waals surface area contributed by atoms with Gasteiger partial charge in [0.15, 0.2) is 0 Å². The third-order valence-electron chi connectivity index (χ3n) is 2.90. The fourth-order valence-corrected chi connectivity index (χ4v) is 1.75. The number of aromatic amines is 1. The maximum Gasteiger partial charge on any atom is 0.251 e. The molecule has 0 saturated carbocycles. The maximum atomic E-state index is 13.8. The summed E-state index contributed by atoms with van der Waals surface area (Å²) in [5.74, 6) is 3.85. The van der Waals surface area contributed by atoms with E-state index in [0.29, 0.717) is 0 Å². The second-order valence-electron chi connectivity index (χ2n) is 4.38. The van der Waals surface area contributed by atoms with Gasteiger partial charge in [0.05, 0.1) is 17.8 Å². The molecule has 0 spiro atoms. The van der Waals surface area contributed by atoms with Gasteiger partial charge in [0.1, 0.15) is 12.4 Å².